The molecule has 1 heterocycles. The van der Waals surface area contributed by atoms with Gasteiger partial charge in [-0.25, -0.2) is 0 Å². The number of halogens is 4. The van der Waals surface area contributed by atoms with Crippen LogP contribution in [0.15, 0.2) is 96.0 Å². The molecule has 0 saturated heterocycles. The summed E-state index contributed by atoms with van der Waals surface area (Å²) >= 11 is 5.97. The Kier molecular flexibility index (Phi) is 7.55. The smallest absolute Gasteiger partial charge is 0.417 e. The maximum Gasteiger partial charge on any atom is 0.417 e. The monoisotopic (exact) mass is 472 g/mol. The summed E-state index contributed by atoms with van der Waals surface area (Å²) in [5.74, 6) is -0.264. The van der Waals surface area contributed by atoms with Crippen LogP contribution in [0.2, 0.25) is 5.02 Å². The number of benzene rings is 2. The van der Waals surface area contributed by atoms with E-state index in [1.165, 1.54) is 16.7 Å². The Bertz CT molecular complexity index is 1260. The highest BCUT2D eigenvalue weighted by atomic mass is 35.5. The van der Waals surface area contributed by atoms with Gasteiger partial charge >= 0.3 is 12.2 Å². The molecular weight excluding hydrogens is 453 g/mol. The first-order chi connectivity index (χ1) is 15.7. The zero-order chi connectivity index (χ0) is 24.0. The number of ether oxygens (including phenoxy) is 1. The molecule has 0 aliphatic rings. The van der Waals surface area contributed by atoms with Gasteiger partial charge in [-0.3, -0.25) is 9.36 Å². The van der Waals surface area contributed by atoms with Gasteiger partial charge in [0.15, 0.2) is 0 Å². The molecule has 3 aromatic rings. The molecule has 3 rings (SSSR count). The lowest BCUT2D eigenvalue weighted by molar-refractivity contribution is -0.137. The molecule has 0 spiro atoms. The van der Waals surface area contributed by atoms with E-state index in [0.717, 1.165) is 11.6 Å². The summed E-state index contributed by atoms with van der Waals surface area (Å²) in [6.07, 6.45) is 3.93. The molecule has 1 aromatic heterocycles. The number of rotatable bonds is 7. The molecule has 8 heteroatoms. The largest absolute Gasteiger partial charge is 0.424 e. The highest BCUT2D eigenvalue weighted by Crippen LogP contribution is 2.40. The lowest BCUT2D eigenvalue weighted by Gasteiger charge is -2.17. The molecule has 170 valence electrons. The van der Waals surface area contributed by atoms with Crippen LogP contribution in [0.5, 0.6) is 11.8 Å². The van der Waals surface area contributed by atoms with Gasteiger partial charge in [0, 0.05) is 6.20 Å². The molecule has 0 fully saturated rings. The van der Waals surface area contributed by atoms with Crippen LogP contribution in [0.25, 0.3) is 11.1 Å². The van der Waals surface area contributed by atoms with E-state index in [4.69, 9.17) is 16.3 Å². The maximum atomic E-state index is 13.3. The molecule has 33 heavy (non-hydrogen) atoms. The highest BCUT2D eigenvalue weighted by Gasteiger charge is 2.34. The van der Waals surface area contributed by atoms with Crippen molar-refractivity contribution in [3.05, 3.63) is 112 Å². The normalized spacial score (nSPS) is 12.2. The average Bonchev–Trinajstić information content (AvgIpc) is 2.77. The molecule has 0 saturated carbocycles. The highest BCUT2D eigenvalue weighted by molar-refractivity contribution is 6.32. The fraction of sp³-hybridized carbons (Fsp3) is 0.120. The van der Waals surface area contributed by atoms with Crippen LogP contribution in [-0.2, 0) is 12.7 Å². The fourth-order valence-corrected chi connectivity index (χ4v) is 3.39. The van der Waals surface area contributed by atoms with E-state index in [1.807, 2.05) is 25.1 Å². The van der Waals surface area contributed by atoms with Gasteiger partial charge < -0.3 is 4.74 Å². The van der Waals surface area contributed by atoms with Crippen molar-refractivity contribution in [2.45, 2.75) is 19.6 Å². The van der Waals surface area contributed by atoms with E-state index in [1.54, 1.807) is 42.6 Å². The predicted molar refractivity (Wildman–Crippen MR) is 124 cm³/mol. The van der Waals surface area contributed by atoms with Crippen molar-refractivity contribution in [1.82, 2.24) is 9.55 Å². The lowest BCUT2D eigenvalue weighted by atomic mass is 10.1. The Balaban J connectivity index is 2.14. The molecule has 0 radical (unpaired) electrons. The van der Waals surface area contributed by atoms with E-state index >= 15 is 0 Å². The summed E-state index contributed by atoms with van der Waals surface area (Å²) in [5, 5.41) is -0.617. The van der Waals surface area contributed by atoms with Crippen molar-refractivity contribution in [2.75, 3.05) is 0 Å². The fourth-order valence-electron chi connectivity index (χ4n) is 3.12. The van der Waals surface area contributed by atoms with Crippen LogP contribution in [-0.4, -0.2) is 9.55 Å². The number of alkyl halides is 3. The van der Waals surface area contributed by atoms with Crippen molar-refractivity contribution in [1.29, 1.82) is 0 Å². The first-order valence-corrected chi connectivity index (χ1v) is 10.3. The summed E-state index contributed by atoms with van der Waals surface area (Å²) in [7, 11) is 0. The van der Waals surface area contributed by atoms with E-state index in [9.17, 15) is 18.0 Å². The van der Waals surface area contributed by atoms with Gasteiger partial charge in [-0.1, -0.05) is 78.9 Å². The topological polar surface area (TPSA) is 44.1 Å². The van der Waals surface area contributed by atoms with Crippen molar-refractivity contribution >= 4 is 11.6 Å². The number of hydrogen-bond donors (Lipinski definition) is 0. The van der Waals surface area contributed by atoms with Crippen LogP contribution in [0, 0.1) is 0 Å². The minimum Gasteiger partial charge on any atom is -0.424 e. The molecule has 0 aliphatic carbocycles. The van der Waals surface area contributed by atoms with Crippen LogP contribution in [0.4, 0.5) is 13.2 Å². The molecule has 0 N–H and O–H groups in total. The second-order valence-electron chi connectivity index (χ2n) is 6.93. The van der Waals surface area contributed by atoms with Gasteiger partial charge in [-0.15, -0.1) is 0 Å². The Morgan fingerprint density at radius 3 is 2.55 bits per heavy atom. The number of hydrogen-bond acceptors (Lipinski definition) is 3. The summed E-state index contributed by atoms with van der Waals surface area (Å²) in [6.45, 7) is 5.76. The zero-order valence-corrected chi connectivity index (χ0v) is 18.4. The Labute approximate surface area is 193 Å². The second kappa shape index (κ2) is 10.4. The lowest BCUT2D eigenvalue weighted by Crippen LogP contribution is -2.17. The van der Waals surface area contributed by atoms with Gasteiger partial charge in [0.25, 0.3) is 5.56 Å². The van der Waals surface area contributed by atoms with Gasteiger partial charge in [-0.05, 0) is 30.2 Å². The Morgan fingerprint density at radius 1 is 1.18 bits per heavy atom. The number of allylic oxidation sites excluding steroid dienone is 5. The molecular formula is C25H20ClF3N2O2. The van der Waals surface area contributed by atoms with Crippen molar-refractivity contribution < 1.29 is 17.9 Å². The van der Waals surface area contributed by atoms with Crippen LogP contribution in [0.3, 0.4) is 0 Å². The van der Waals surface area contributed by atoms with E-state index in [-0.39, 0.29) is 18.3 Å². The minimum atomic E-state index is -4.66. The van der Waals surface area contributed by atoms with Gasteiger partial charge in [0.2, 0.25) is 0 Å². The van der Waals surface area contributed by atoms with E-state index in [0.29, 0.717) is 11.1 Å². The molecule has 0 unspecified atom stereocenters. The Hall–Kier alpha value is -3.58. The third-order valence-corrected chi connectivity index (χ3v) is 4.97. The zero-order valence-electron chi connectivity index (χ0n) is 17.6. The second-order valence-corrected chi connectivity index (χ2v) is 7.31. The molecule has 4 nitrogen and oxygen atoms in total. The first-order valence-electron chi connectivity index (χ1n) is 9.89. The van der Waals surface area contributed by atoms with Crippen molar-refractivity contribution in [3.63, 3.8) is 0 Å². The SMILES string of the molecule is C=C/C=C(\C=C/C)Cn1cc(-c2ccccc2)c(=O)nc1Oc1cccc(C(F)(F)F)c1Cl. The summed E-state index contributed by atoms with van der Waals surface area (Å²) < 4.78 is 47.0. The number of aromatic nitrogens is 2. The summed E-state index contributed by atoms with van der Waals surface area (Å²) in [6, 6.07) is 12.0. The van der Waals surface area contributed by atoms with Gasteiger partial charge in [0.1, 0.15) is 5.75 Å². The minimum absolute atomic E-state index is 0.194. The standard InChI is InChI=1S/C25H20ClF3N2O2/c1-3-9-17(10-4-2)15-31-16-19(18-11-6-5-7-12-18)23(32)30-24(31)33-21-14-8-13-20(22(21)26)25(27,28)29/h3-14,16H,1,15H2,2H3/b10-4-,17-9+. The summed E-state index contributed by atoms with van der Waals surface area (Å²) in [4.78, 5) is 16.8. The van der Waals surface area contributed by atoms with Crippen LogP contribution < -0.4 is 10.3 Å². The van der Waals surface area contributed by atoms with Gasteiger partial charge in [0.05, 0.1) is 22.7 Å². The van der Waals surface area contributed by atoms with E-state index < -0.39 is 22.3 Å². The maximum absolute atomic E-state index is 13.3. The molecule has 0 bridgehead atoms. The third-order valence-electron chi connectivity index (χ3n) is 4.58. The molecule has 0 atom stereocenters. The van der Waals surface area contributed by atoms with E-state index in [2.05, 4.69) is 11.6 Å². The summed E-state index contributed by atoms with van der Waals surface area (Å²) in [5.41, 5.74) is 0.134. The third kappa shape index (κ3) is 5.81. The predicted octanol–water partition coefficient (Wildman–Crippen LogP) is 7.06. The quantitative estimate of drug-likeness (QED) is 0.346. The first kappa shape index (κ1) is 24.1. The van der Waals surface area contributed by atoms with Crippen molar-refractivity contribution in [3.8, 4) is 22.9 Å². The molecule has 2 aromatic carbocycles. The molecule has 0 amide bonds. The molecule has 0 aliphatic heterocycles. The van der Waals surface area contributed by atoms with Gasteiger partial charge in [-0.2, -0.15) is 18.2 Å². The number of nitrogens with zero attached hydrogens (tertiary/aromatic N) is 2. The van der Waals surface area contributed by atoms with Crippen LogP contribution >= 0.6 is 11.6 Å². The van der Waals surface area contributed by atoms with Crippen LogP contribution in [0.1, 0.15) is 12.5 Å². The average molecular weight is 473 g/mol. The Morgan fingerprint density at radius 2 is 1.91 bits per heavy atom. The van der Waals surface area contributed by atoms with Crippen molar-refractivity contribution in [2.24, 2.45) is 0 Å².